The van der Waals surface area contributed by atoms with Crippen molar-refractivity contribution in [1.29, 1.82) is 0 Å². The van der Waals surface area contributed by atoms with Crippen LogP contribution in [0.3, 0.4) is 0 Å². The first-order chi connectivity index (χ1) is 8.54. The van der Waals surface area contributed by atoms with Gasteiger partial charge in [-0.2, -0.15) is 0 Å². The molecular formula is C13H16O5. The number of ether oxygens (including phenoxy) is 3. The van der Waals surface area contributed by atoms with Crippen LogP contribution < -0.4 is 4.74 Å². The van der Waals surface area contributed by atoms with Crippen molar-refractivity contribution in [2.75, 3.05) is 13.7 Å². The van der Waals surface area contributed by atoms with Gasteiger partial charge in [0.2, 0.25) is 0 Å². The van der Waals surface area contributed by atoms with E-state index in [2.05, 4.69) is 4.74 Å². The minimum atomic E-state index is -0.833. The van der Waals surface area contributed by atoms with E-state index in [1.807, 2.05) is 13.8 Å². The molecule has 5 nitrogen and oxygen atoms in total. The monoisotopic (exact) mass is 252 g/mol. The van der Waals surface area contributed by atoms with E-state index in [0.717, 1.165) is 0 Å². The highest BCUT2D eigenvalue weighted by atomic mass is 16.7. The number of para-hydroxylation sites is 1. The van der Waals surface area contributed by atoms with Gasteiger partial charge in [-0.1, -0.05) is 26.0 Å². The molecule has 98 valence electrons. The van der Waals surface area contributed by atoms with Crippen molar-refractivity contribution in [2.45, 2.75) is 13.8 Å². The molecule has 0 radical (unpaired) electrons. The van der Waals surface area contributed by atoms with E-state index >= 15 is 0 Å². The molecular weight excluding hydrogens is 236 g/mol. The van der Waals surface area contributed by atoms with Crippen molar-refractivity contribution >= 4 is 12.1 Å². The predicted octanol–water partition coefficient (Wildman–Crippen LogP) is 2.64. The average Bonchev–Trinajstić information content (AvgIpc) is 2.36. The van der Waals surface area contributed by atoms with Gasteiger partial charge in [-0.3, -0.25) is 0 Å². The van der Waals surface area contributed by atoms with E-state index in [1.54, 1.807) is 12.1 Å². The summed E-state index contributed by atoms with van der Waals surface area (Å²) in [7, 11) is 1.26. The highest BCUT2D eigenvalue weighted by Gasteiger charge is 2.16. The van der Waals surface area contributed by atoms with Gasteiger partial charge in [0, 0.05) is 0 Å². The summed E-state index contributed by atoms with van der Waals surface area (Å²) in [5.41, 5.74) is 0.182. The lowest BCUT2D eigenvalue weighted by Gasteiger charge is -2.09. The lowest BCUT2D eigenvalue weighted by molar-refractivity contribution is 0.0592. The van der Waals surface area contributed by atoms with E-state index in [1.165, 1.54) is 19.2 Å². The third-order valence-corrected chi connectivity index (χ3v) is 2.02. The van der Waals surface area contributed by atoms with E-state index in [9.17, 15) is 9.59 Å². The summed E-state index contributed by atoms with van der Waals surface area (Å²) in [5, 5.41) is 0. The van der Waals surface area contributed by atoms with Gasteiger partial charge < -0.3 is 14.2 Å². The van der Waals surface area contributed by atoms with Crippen molar-refractivity contribution < 1.29 is 23.8 Å². The number of rotatable bonds is 4. The van der Waals surface area contributed by atoms with Gasteiger partial charge in [0.05, 0.1) is 13.7 Å². The maximum absolute atomic E-state index is 11.4. The predicted molar refractivity (Wildman–Crippen MR) is 64.6 cm³/mol. The zero-order valence-electron chi connectivity index (χ0n) is 10.6. The van der Waals surface area contributed by atoms with Crippen LogP contribution in [0.2, 0.25) is 0 Å². The van der Waals surface area contributed by atoms with Gasteiger partial charge in [-0.05, 0) is 18.1 Å². The Morgan fingerprint density at radius 2 is 1.89 bits per heavy atom. The Balaban J connectivity index is 2.72. The number of carbonyl (C=O) groups is 2. The molecule has 0 N–H and O–H groups in total. The van der Waals surface area contributed by atoms with Crippen LogP contribution in [0, 0.1) is 5.92 Å². The number of esters is 1. The minimum absolute atomic E-state index is 0.123. The van der Waals surface area contributed by atoms with Crippen molar-refractivity contribution in [2.24, 2.45) is 5.92 Å². The largest absolute Gasteiger partial charge is 0.513 e. The fourth-order valence-corrected chi connectivity index (χ4v) is 1.19. The van der Waals surface area contributed by atoms with Gasteiger partial charge in [0.15, 0.2) is 0 Å². The van der Waals surface area contributed by atoms with Crippen LogP contribution >= 0.6 is 0 Å². The fraction of sp³-hybridized carbons (Fsp3) is 0.385. The molecule has 0 saturated carbocycles. The Labute approximate surface area is 106 Å². The number of methoxy groups -OCH3 is 1. The second kappa shape index (κ2) is 6.64. The first kappa shape index (κ1) is 14.0. The molecule has 0 aromatic heterocycles. The molecule has 18 heavy (non-hydrogen) atoms. The van der Waals surface area contributed by atoms with Crippen LogP contribution in [0.5, 0.6) is 5.75 Å². The molecule has 5 heteroatoms. The first-order valence-electron chi connectivity index (χ1n) is 5.56. The molecule has 1 rings (SSSR count). The lowest BCUT2D eigenvalue weighted by Crippen LogP contribution is -2.16. The Hall–Kier alpha value is -2.04. The molecule has 1 aromatic carbocycles. The summed E-state index contributed by atoms with van der Waals surface area (Å²) >= 11 is 0. The van der Waals surface area contributed by atoms with Crippen LogP contribution in [-0.2, 0) is 9.47 Å². The minimum Gasteiger partial charge on any atom is -0.465 e. The van der Waals surface area contributed by atoms with Gasteiger partial charge in [0.25, 0.3) is 0 Å². The average molecular weight is 252 g/mol. The molecule has 0 bridgehead atoms. The molecule has 0 saturated heterocycles. The number of hydrogen-bond donors (Lipinski definition) is 0. The summed E-state index contributed by atoms with van der Waals surface area (Å²) in [4.78, 5) is 22.8. The third kappa shape index (κ3) is 4.08. The molecule has 0 fully saturated rings. The molecule has 0 aliphatic rings. The second-order valence-corrected chi connectivity index (χ2v) is 4.04. The maximum atomic E-state index is 11.4. The van der Waals surface area contributed by atoms with Crippen molar-refractivity contribution in [3.63, 3.8) is 0 Å². The summed E-state index contributed by atoms with van der Waals surface area (Å²) in [6.45, 7) is 4.09. The lowest BCUT2D eigenvalue weighted by atomic mass is 10.2. The Bertz CT molecular complexity index is 425. The molecule has 0 aliphatic heterocycles. The van der Waals surface area contributed by atoms with E-state index in [-0.39, 0.29) is 23.8 Å². The zero-order chi connectivity index (χ0) is 13.5. The highest BCUT2D eigenvalue weighted by Crippen LogP contribution is 2.19. The summed E-state index contributed by atoms with van der Waals surface area (Å²) < 4.78 is 14.4. The number of carbonyl (C=O) groups excluding carboxylic acids is 2. The van der Waals surface area contributed by atoms with E-state index < -0.39 is 12.1 Å². The van der Waals surface area contributed by atoms with E-state index in [0.29, 0.717) is 0 Å². The van der Waals surface area contributed by atoms with Crippen molar-refractivity contribution in [3.8, 4) is 5.75 Å². The molecule has 0 spiro atoms. The van der Waals surface area contributed by atoms with Crippen LogP contribution in [0.4, 0.5) is 4.79 Å². The van der Waals surface area contributed by atoms with Crippen LogP contribution in [-0.4, -0.2) is 25.8 Å². The highest BCUT2D eigenvalue weighted by molar-refractivity contribution is 5.93. The fourth-order valence-electron chi connectivity index (χ4n) is 1.19. The van der Waals surface area contributed by atoms with Gasteiger partial charge in [-0.25, -0.2) is 9.59 Å². The summed E-state index contributed by atoms with van der Waals surface area (Å²) in [5.74, 6) is -0.228. The summed E-state index contributed by atoms with van der Waals surface area (Å²) in [6.07, 6.45) is -0.833. The molecule has 0 atom stereocenters. The summed E-state index contributed by atoms with van der Waals surface area (Å²) in [6, 6.07) is 6.32. The molecule has 0 amide bonds. The van der Waals surface area contributed by atoms with Crippen LogP contribution in [0.25, 0.3) is 0 Å². The molecule has 0 aliphatic carbocycles. The molecule has 0 heterocycles. The van der Waals surface area contributed by atoms with Gasteiger partial charge in [-0.15, -0.1) is 0 Å². The van der Waals surface area contributed by atoms with Crippen LogP contribution in [0.15, 0.2) is 24.3 Å². The zero-order valence-corrected chi connectivity index (χ0v) is 10.6. The quantitative estimate of drug-likeness (QED) is 0.609. The standard InChI is InChI=1S/C13H16O5/c1-9(2)8-17-13(15)18-11-7-5-4-6-10(11)12(14)16-3/h4-7,9H,8H2,1-3H3. The van der Waals surface area contributed by atoms with Crippen molar-refractivity contribution in [1.82, 2.24) is 0 Å². The Morgan fingerprint density at radius 1 is 1.22 bits per heavy atom. The number of benzene rings is 1. The smallest absolute Gasteiger partial charge is 0.465 e. The topological polar surface area (TPSA) is 61.8 Å². The molecule has 0 unspecified atom stereocenters. The number of hydrogen-bond acceptors (Lipinski definition) is 5. The Morgan fingerprint density at radius 3 is 2.50 bits per heavy atom. The maximum Gasteiger partial charge on any atom is 0.513 e. The second-order valence-electron chi connectivity index (χ2n) is 4.04. The molecule has 1 aromatic rings. The normalized spacial score (nSPS) is 10.0. The van der Waals surface area contributed by atoms with Crippen molar-refractivity contribution in [3.05, 3.63) is 29.8 Å². The van der Waals surface area contributed by atoms with E-state index in [4.69, 9.17) is 9.47 Å². The third-order valence-electron chi connectivity index (χ3n) is 2.02. The SMILES string of the molecule is COC(=O)c1ccccc1OC(=O)OCC(C)C. The Kier molecular flexibility index (Phi) is 5.17. The van der Waals surface area contributed by atoms with Crippen LogP contribution in [0.1, 0.15) is 24.2 Å². The van der Waals surface area contributed by atoms with Gasteiger partial charge >= 0.3 is 12.1 Å². The van der Waals surface area contributed by atoms with Gasteiger partial charge in [0.1, 0.15) is 11.3 Å². The first-order valence-corrected chi connectivity index (χ1v) is 5.56.